The van der Waals surface area contributed by atoms with Crippen LogP contribution in [0.1, 0.15) is 86.5 Å². The molecular weight excluding hydrogens is 441 g/mol. The van der Waals surface area contributed by atoms with Crippen LogP contribution in [0.3, 0.4) is 0 Å². The zero-order valence-electron chi connectivity index (χ0n) is 21.8. The molecule has 194 valence electrons. The van der Waals surface area contributed by atoms with Gasteiger partial charge in [-0.05, 0) is 96.4 Å². The van der Waals surface area contributed by atoms with Gasteiger partial charge in [0.25, 0.3) is 0 Å². The molecule has 0 radical (unpaired) electrons. The number of hydrogen-bond acceptors (Lipinski definition) is 3. The molecule has 1 atom stereocenters. The minimum Gasteiger partial charge on any atom is -0.375 e. The summed E-state index contributed by atoms with van der Waals surface area (Å²) < 4.78 is 56.7. The van der Waals surface area contributed by atoms with Crippen molar-refractivity contribution in [3.63, 3.8) is 0 Å². The maximum absolute atomic E-state index is 13.1. The van der Waals surface area contributed by atoms with Crippen molar-refractivity contribution in [3.05, 3.63) is 35.5 Å². The fraction of sp³-hybridized carbons (Fsp3) is 0.714. The SMILES string of the molecule is C=C(/C=C(\C=C(/C)C#CCOC(C)C)CCCC(CCC)OC1CC(OC(C)C)C1)C(F)(F)F. The van der Waals surface area contributed by atoms with Gasteiger partial charge in [-0.3, -0.25) is 0 Å². The third-order valence-electron chi connectivity index (χ3n) is 5.40. The van der Waals surface area contributed by atoms with Gasteiger partial charge >= 0.3 is 6.18 Å². The Bertz CT molecular complexity index is 732. The Morgan fingerprint density at radius 1 is 1.03 bits per heavy atom. The number of ether oxygens (including phenoxy) is 3. The van der Waals surface area contributed by atoms with Gasteiger partial charge in [0.05, 0.1) is 30.5 Å². The van der Waals surface area contributed by atoms with Crippen LogP contribution in [0.15, 0.2) is 35.5 Å². The van der Waals surface area contributed by atoms with Crippen molar-refractivity contribution < 1.29 is 27.4 Å². The molecule has 0 heterocycles. The zero-order chi connectivity index (χ0) is 25.7. The molecule has 6 heteroatoms. The van der Waals surface area contributed by atoms with Crippen LogP contribution in [0.5, 0.6) is 0 Å². The van der Waals surface area contributed by atoms with E-state index in [-0.39, 0.29) is 37.1 Å². The summed E-state index contributed by atoms with van der Waals surface area (Å²) >= 11 is 0. The highest BCUT2D eigenvalue weighted by atomic mass is 19.4. The maximum atomic E-state index is 13.1. The van der Waals surface area contributed by atoms with Crippen molar-refractivity contribution in [2.24, 2.45) is 0 Å². The smallest absolute Gasteiger partial charge is 0.375 e. The Morgan fingerprint density at radius 2 is 1.68 bits per heavy atom. The Hall–Kier alpha value is -1.55. The third kappa shape index (κ3) is 13.4. The van der Waals surface area contributed by atoms with E-state index in [4.69, 9.17) is 14.2 Å². The fourth-order valence-corrected chi connectivity index (χ4v) is 3.72. The van der Waals surface area contributed by atoms with E-state index < -0.39 is 11.7 Å². The van der Waals surface area contributed by atoms with E-state index in [0.717, 1.165) is 44.6 Å². The zero-order valence-corrected chi connectivity index (χ0v) is 21.8. The van der Waals surface area contributed by atoms with Gasteiger partial charge in [-0.1, -0.05) is 31.8 Å². The molecule has 0 saturated heterocycles. The lowest BCUT2D eigenvalue weighted by Crippen LogP contribution is -2.41. The average Bonchev–Trinajstić information content (AvgIpc) is 2.68. The highest BCUT2D eigenvalue weighted by Crippen LogP contribution is 2.31. The first-order chi connectivity index (χ1) is 15.9. The predicted molar refractivity (Wildman–Crippen MR) is 133 cm³/mol. The number of allylic oxidation sites excluding steroid dienone is 5. The molecule has 0 spiro atoms. The van der Waals surface area contributed by atoms with Crippen molar-refractivity contribution in [1.82, 2.24) is 0 Å². The average molecular weight is 485 g/mol. The molecule has 0 aromatic carbocycles. The molecule has 1 rings (SSSR count). The number of halogens is 3. The molecule has 1 saturated carbocycles. The minimum absolute atomic E-state index is 0.0796. The molecule has 3 nitrogen and oxygen atoms in total. The second-order valence-electron chi connectivity index (χ2n) is 9.57. The van der Waals surface area contributed by atoms with E-state index >= 15 is 0 Å². The molecule has 0 aliphatic heterocycles. The molecule has 0 N–H and O–H groups in total. The van der Waals surface area contributed by atoms with Crippen molar-refractivity contribution >= 4 is 0 Å². The van der Waals surface area contributed by atoms with Crippen molar-refractivity contribution in [3.8, 4) is 11.8 Å². The molecule has 1 unspecified atom stereocenters. The predicted octanol–water partition coefficient (Wildman–Crippen LogP) is 7.72. The van der Waals surface area contributed by atoms with Crippen LogP contribution in [0, 0.1) is 11.8 Å². The molecule has 1 aliphatic carbocycles. The van der Waals surface area contributed by atoms with Gasteiger partial charge in [0.1, 0.15) is 6.61 Å². The van der Waals surface area contributed by atoms with E-state index in [9.17, 15) is 13.2 Å². The van der Waals surface area contributed by atoms with E-state index in [1.165, 1.54) is 0 Å². The first-order valence-electron chi connectivity index (χ1n) is 12.5. The lowest BCUT2D eigenvalue weighted by molar-refractivity contribution is -0.140. The van der Waals surface area contributed by atoms with Crippen molar-refractivity contribution in [2.75, 3.05) is 6.61 Å². The molecule has 0 bridgehead atoms. The summed E-state index contributed by atoms with van der Waals surface area (Å²) in [7, 11) is 0. The Labute approximate surface area is 204 Å². The van der Waals surface area contributed by atoms with Crippen LogP contribution in [-0.2, 0) is 14.2 Å². The van der Waals surface area contributed by atoms with Crippen molar-refractivity contribution in [1.29, 1.82) is 0 Å². The standard InChI is InChI=1S/C28H43F3O3/c1-8-11-25(34-27-18-26(19-27)33-21(4)5)14-9-13-24(17-23(7)28(29,30)31)16-22(6)12-10-15-32-20(2)3/h16-17,20-21,25-27H,7-9,11,13-15,18-19H2,1-6H3/b22-16+,24-17-. The van der Waals surface area contributed by atoms with Crippen LogP contribution < -0.4 is 0 Å². The normalized spacial score (nSPS) is 20.2. The number of alkyl halides is 3. The van der Waals surface area contributed by atoms with Gasteiger partial charge < -0.3 is 14.2 Å². The quantitative estimate of drug-likeness (QED) is 0.187. The van der Waals surface area contributed by atoms with Crippen molar-refractivity contribution in [2.45, 2.75) is 123 Å². The van der Waals surface area contributed by atoms with Gasteiger partial charge in [0.15, 0.2) is 0 Å². The van der Waals surface area contributed by atoms with Gasteiger partial charge in [0, 0.05) is 5.57 Å². The molecule has 0 aromatic heterocycles. The van der Waals surface area contributed by atoms with Crippen LogP contribution >= 0.6 is 0 Å². The second kappa shape index (κ2) is 15.4. The lowest BCUT2D eigenvalue weighted by atomic mass is 9.91. The van der Waals surface area contributed by atoms with Gasteiger partial charge in [-0.2, -0.15) is 13.2 Å². The fourth-order valence-electron chi connectivity index (χ4n) is 3.72. The van der Waals surface area contributed by atoms with E-state index in [1.54, 1.807) is 13.0 Å². The molecule has 1 aliphatic rings. The summed E-state index contributed by atoms with van der Waals surface area (Å²) in [5.41, 5.74) is 0.415. The Balaban J connectivity index is 2.72. The summed E-state index contributed by atoms with van der Waals surface area (Å²) in [6.07, 6.45) is 5.10. The monoisotopic (exact) mass is 484 g/mol. The summed E-state index contributed by atoms with van der Waals surface area (Å²) in [5, 5.41) is 0. The second-order valence-corrected chi connectivity index (χ2v) is 9.57. The molecule has 0 amide bonds. The van der Waals surface area contributed by atoms with E-state index in [0.29, 0.717) is 17.6 Å². The summed E-state index contributed by atoms with van der Waals surface area (Å²) in [6, 6.07) is 0. The van der Waals surface area contributed by atoms with E-state index in [2.05, 4.69) is 25.3 Å². The first-order valence-corrected chi connectivity index (χ1v) is 12.5. The first kappa shape index (κ1) is 30.5. The molecular formula is C28H43F3O3. The van der Waals surface area contributed by atoms with Crippen LogP contribution in [-0.4, -0.2) is 43.3 Å². The highest BCUT2D eigenvalue weighted by molar-refractivity contribution is 5.38. The largest absolute Gasteiger partial charge is 0.415 e. The van der Waals surface area contributed by atoms with Crippen LogP contribution in [0.25, 0.3) is 0 Å². The Morgan fingerprint density at radius 3 is 2.24 bits per heavy atom. The summed E-state index contributed by atoms with van der Waals surface area (Å²) in [5.74, 6) is 5.86. The molecule has 0 aromatic rings. The minimum atomic E-state index is -4.45. The van der Waals surface area contributed by atoms with Crippen LogP contribution in [0.4, 0.5) is 13.2 Å². The summed E-state index contributed by atoms with van der Waals surface area (Å²) in [4.78, 5) is 0. The topological polar surface area (TPSA) is 27.7 Å². The summed E-state index contributed by atoms with van der Waals surface area (Å²) in [6.45, 7) is 15.3. The number of hydrogen-bond donors (Lipinski definition) is 0. The third-order valence-corrected chi connectivity index (χ3v) is 5.40. The number of rotatable bonds is 14. The van der Waals surface area contributed by atoms with E-state index in [1.807, 2.05) is 27.7 Å². The van der Waals surface area contributed by atoms with Gasteiger partial charge in [-0.25, -0.2) is 0 Å². The lowest BCUT2D eigenvalue weighted by Gasteiger charge is -2.38. The highest BCUT2D eigenvalue weighted by Gasteiger charge is 2.33. The maximum Gasteiger partial charge on any atom is 0.415 e. The molecule has 34 heavy (non-hydrogen) atoms. The van der Waals surface area contributed by atoms with Gasteiger partial charge in [0.2, 0.25) is 0 Å². The molecule has 1 fully saturated rings. The van der Waals surface area contributed by atoms with Gasteiger partial charge in [-0.15, -0.1) is 0 Å². The Kier molecular flexibility index (Phi) is 13.8. The van der Waals surface area contributed by atoms with Crippen LogP contribution in [0.2, 0.25) is 0 Å².